The molecule has 33 heavy (non-hydrogen) atoms. The number of carbonyl (C=O) groups excluding carboxylic acids is 2. The maximum Gasteiger partial charge on any atom is 0.278 e. The fraction of sp³-hybridized carbons (Fsp3) is 0.185. The Balaban J connectivity index is 1.59. The summed E-state index contributed by atoms with van der Waals surface area (Å²) < 4.78 is 18.9. The summed E-state index contributed by atoms with van der Waals surface area (Å²) in [5.74, 6) is -0.335. The number of carbonyl (C=O) groups is 2. The van der Waals surface area contributed by atoms with Crippen LogP contribution in [0.3, 0.4) is 0 Å². The van der Waals surface area contributed by atoms with E-state index in [-0.39, 0.29) is 36.0 Å². The van der Waals surface area contributed by atoms with Gasteiger partial charge in [-0.05, 0) is 67.8 Å². The summed E-state index contributed by atoms with van der Waals surface area (Å²) >= 11 is 0. The van der Waals surface area contributed by atoms with Crippen LogP contribution in [0.2, 0.25) is 0 Å². The summed E-state index contributed by atoms with van der Waals surface area (Å²) in [6.07, 6.45) is 0.494. The highest BCUT2D eigenvalue weighted by Gasteiger charge is 2.38. The van der Waals surface area contributed by atoms with E-state index in [0.717, 1.165) is 11.3 Å². The number of amides is 2. The van der Waals surface area contributed by atoms with Crippen LogP contribution in [0.4, 0.5) is 10.1 Å². The molecule has 1 heterocycles. The molecule has 1 N–H and O–H groups in total. The third-order valence-electron chi connectivity index (χ3n) is 5.26. The number of hydrogen-bond donors (Lipinski definition) is 1. The Morgan fingerprint density at radius 2 is 1.55 bits per heavy atom. The average Bonchev–Trinajstić information content (AvgIpc) is 3.04. The minimum atomic E-state index is -0.386. The SMILES string of the molecule is CC(C)Oc1ccc(NC2=C(c3ccccc3)C(=O)N(CCc3ccc(F)cc3)C2=O)cc1. The molecule has 0 fully saturated rings. The first-order valence-electron chi connectivity index (χ1n) is 10.9. The normalized spacial score (nSPS) is 13.8. The number of benzene rings is 3. The summed E-state index contributed by atoms with van der Waals surface area (Å²) in [6, 6.07) is 22.5. The predicted octanol–water partition coefficient (Wildman–Crippen LogP) is 5.05. The molecule has 0 radical (unpaired) electrons. The molecule has 1 aliphatic heterocycles. The second-order valence-electron chi connectivity index (χ2n) is 8.07. The molecule has 0 atom stereocenters. The van der Waals surface area contributed by atoms with Crippen molar-refractivity contribution < 1.29 is 18.7 Å². The standard InChI is InChI=1S/C27H25FN2O3/c1-18(2)33-23-14-12-22(13-15-23)29-25-24(20-6-4-3-5-7-20)26(31)30(27(25)32)17-16-19-8-10-21(28)11-9-19/h3-15,18,29H,16-17H2,1-2H3. The summed E-state index contributed by atoms with van der Waals surface area (Å²) in [4.78, 5) is 27.8. The van der Waals surface area contributed by atoms with Crippen molar-refractivity contribution in [3.63, 3.8) is 0 Å². The van der Waals surface area contributed by atoms with E-state index in [9.17, 15) is 14.0 Å². The lowest BCUT2D eigenvalue weighted by molar-refractivity contribution is -0.136. The molecule has 2 amide bonds. The molecule has 3 aromatic carbocycles. The minimum absolute atomic E-state index is 0.0555. The number of ether oxygens (including phenoxy) is 1. The van der Waals surface area contributed by atoms with Gasteiger partial charge in [0.2, 0.25) is 0 Å². The molecule has 0 aromatic heterocycles. The van der Waals surface area contributed by atoms with Gasteiger partial charge in [0.05, 0.1) is 11.7 Å². The Labute approximate surface area is 192 Å². The van der Waals surface area contributed by atoms with Gasteiger partial charge in [0.1, 0.15) is 17.3 Å². The fourth-order valence-corrected chi connectivity index (χ4v) is 3.69. The van der Waals surface area contributed by atoms with Crippen LogP contribution in [0.15, 0.2) is 84.6 Å². The summed E-state index contributed by atoms with van der Waals surface area (Å²) in [7, 11) is 0. The Kier molecular flexibility index (Phi) is 6.54. The van der Waals surface area contributed by atoms with Gasteiger partial charge in [0.15, 0.2) is 0 Å². The van der Waals surface area contributed by atoms with Crippen molar-refractivity contribution in [2.24, 2.45) is 0 Å². The highest BCUT2D eigenvalue weighted by Crippen LogP contribution is 2.31. The van der Waals surface area contributed by atoms with Crippen LogP contribution in [0.1, 0.15) is 25.0 Å². The molecule has 168 valence electrons. The van der Waals surface area contributed by atoms with Gasteiger partial charge >= 0.3 is 0 Å². The number of rotatable bonds is 8. The molecule has 0 saturated carbocycles. The van der Waals surface area contributed by atoms with Crippen molar-refractivity contribution in [3.05, 3.63) is 102 Å². The first-order chi connectivity index (χ1) is 15.9. The lowest BCUT2D eigenvalue weighted by Gasteiger charge is -2.15. The highest BCUT2D eigenvalue weighted by atomic mass is 19.1. The van der Waals surface area contributed by atoms with E-state index in [1.54, 1.807) is 12.1 Å². The van der Waals surface area contributed by atoms with Crippen LogP contribution in [0.5, 0.6) is 5.75 Å². The molecular formula is C27H25FN2O3. The zero-order valence-corrected chi connectivity index (χ0v) is 18.5. The van der Waals surface area contributed by atoms with Gasteiger partial charge in [-0.1, -0.05) is 42.5 Å². The van der Waals surface area contributed by atoms with Crippen molar-refractivity contribution in [2.75, 3.05) is 11.9 Å². The zero-order chi connectivity index (χ0) is 23.4. The van der Waals surface area contributed by atoms with E-state index in [2.05, 4.69) is 5.32 Å². The van der Waals surface area contributed by atoms with Crippen LogP contribution in [-0.2, 0) is 16.0 Å². The number of halogens is 1. The van der Waals surface area contributed by atoms with E-state index in [1.807, 2.05) is 68.4 Å². The fourth-order valence-electron chi connectivity index (χ4n) is 3.69. The van der Waals surface area contributed by atoms with Crippen molar-refractivity contribution in [1.82, 2.24) is 4.90 Å². The number of nitrogens with one attached hydrogen (secondary N) is 1. The Bertz CT molecular complexity index is 1170. The number of anilines is 1. The maximum absolute atomic E-state index is 13.3. The molecule has 0 bridgehead atoms. The van der Waals surface area contributed by atoms with E-state index >= 15 is 0 Å². The molecule has 0 aliphatic carbocycles. The second kappa shape index (κ2) is 9.69. The van der Waals surface area contributed by atoms with Crippen LogP contribution in [0, 0.1) is 5.82 Å². The third kappa shape index (κ3) is 5.12. The summed E-state index contributed by atoms with van der Waals surface area (Å²) in [5.41, 5.74) is 2.77. The average molecular weight is 445 g/mol. The van der Waals surface area contributed by atoms with E-state index < -0.39 is 0 Å². The number of nitrogens with zero attached hydrogens (tertiary/aromatic N) is 1. The maximum atomic E-state index is 13.3. The van der Waals surface area contributed by atoms with Gasteiger partial charge in [0.25, 0.3) is 11.8 Å². The van der Waals surface area contributed by atoms with Gasteiger partial charge in [-0.25, -0.2) is 4.39 Å². The Morgan fingerprint density at radius 1 is 0.879 bits per heavy atom. The van der Waals surface area contributed by atoms with Crippen molar-refractivity contribution >= 4 is 23.1 Å². The van der Waals surface area contributed by atoms with Crippen LogP contribution < -0.4 is 10.1 Å². The Hall–Kier alpha value is -3.93. The van der Waals surface area contributed by atoms with Crippen LogP contribution in [-0.4, -0.2) is 29.4 Å². The van der Waals surface area contributed by atoms with Crippen molar-refractivity contribution in [3.8, 4) is 5.75 Å². The zero-order valence-electron chi connectivity index (χ0n) is 18.5. The van der Waals surface area contributed by atoms with Gasteiger partial charge in [-0.2, -0.15) is 0 Å². The van der Waals surface area contributed by atoms with Crippen LogP contribution >= 0.6 is 0 Å². The molecule has 3 aromatic rings. The predicted molar refractivity (Wildman–Crippen MR) is 126 cm³/mol. The molecule has 0 spiro atoms. The lowest BCUT2D eigenvalue weighted by atomic mass is 10.0. The van der Waals surface area contributed by atoms with Crippen molar-refractivity contribution in [1.29, 1.82) is 0 Å². The molecule has 4 rings (SSSR count). The molecular weight excluding hydrogens is 419 g/mol. The first kappa shape index (κ1) is 22.3. The largest absolute Gasteiger partial charge is 0.491 e. The molecule has 1 aliphatic rings. The topological polar surface area (TPSA) is 58.6 Å². The lowest BCUT2D eigenvalue weighted by Crippen LogP contribution is -2.34. The Morgan fingerprint density at radius 3 is 2.18 bits per heavy atom. The summed E-state index contributed by atoms with van der Waals surface area (Å²) in [6.45, 7) is 4.10. The van der Waals surface area contributed by atoms with E-state index in [1.165, 1.54) is 17.0 Å². The molecule has 5 nitrogen and oxygen atoms in total. The minimum Gasteiger partial charge on any atom is -0.491 e. The smallest absolute Gasteiger partial charge is 0.278 e. The van der Waals surface area contributed by atoms with Gasteiger partial charge in [-0.15, -0.1) is 0 Å². The van der Waals surface area contributed by atoms with E-state index in [0.29, 0.717) is 23.2 Å². The molecule has 0 saturated heterocycles. The highest BCUT2D eigenvalue weighted by molar-refractivity contribution is 6.36. The molecule has 6 heteroatoms. The van der Waals surface area contributed by atoms with Gasteiger partial charge in [0, 0.05) is 12.2 Å². The van der Waals surface area contributed by atoms with Crippen molar-refractivity contribution in [2.45, 2.75) is 26.4 Å². The quantitative estimate of drug-likeness (QED) is 0.494. The van der Waals surface area contributed by atoms with Gasteiger partial charge in [-0.3, -0.25) is 14.5 Å². The summed E-state index contributed by atoms with van der Waals surface area (Å²) in [5, 5.41) is 3.15. The van der Waals surface area contributed by atoms with Crippen LogP contribution in [0.25, 0.3) is 5.57 Å². The molecule has 0 unspecified atom stereocenters. The van der Waals surface area contributed by atoms with Gasteiger partial charge < -0.3 is 10.1 Å². The number of imide groups is 1. The van der Waals surface area contributed by atoms with E-state index in [4.69, 9.17) is 4.74 Å². The second-order valence-corrected chi connectivity index (χ2v) is 8.07. The number of hydrogen-bond acceptors (Lipinski definition) is 4. The monoisotopic (exact) mass is 444 g/mol. The third-order valence-corrected chi connectivity index (χ3v) is 5.26. The first-order valence-corrected chi connectivity index (χ1v) is 10.9.